The summed E-state index contributed by atoms with van der Waals surface area (Å²) in [5, 5.41) is 10.2. The van der Waals surface area contributed by atoms with Gasteiger partial charge in [-0.3, -0.25) is 9.59 Å². The van der Waals surface area contributed by atoms with E-state index in [-0.39, 0.29) is 11.7 Å². The number of allylic oxidation sites excluding steroid dienone is 1. The highest BCUT2D eigenvalue weighted by Gasteiger charge is 2.35. The van der Waals surface area contributed by atoms with Crippen molar-refractivity contribution in [2.24, 2.45) is 0 Å². The van der Waals surface area contributed by atoms with E-state index in [9.17, 15) is 14.0 Å². The highest BCUT2D eigenvalue weighted by atomic mass is 79.9. The molecule has 0 spiro atoms. The van der Waals surface area contributed by atoms with Gasteiger partial charge in [0.2, 0.25) is 11.1 Å². The van der Waals surface area contributed by atoms with E-state index in [0.29, 0.717) is 27.1 Å². The molecular weight excluding hydrogens is 459 g/mol. The summed E-state index contributed by atoms with van der Waals surface area (Å²) in [5.74, 6) is -0.512. The van der Waals surface area contributed by atoms with Gasteiger partial charge in [0.05, 0.1) is 10.6 Å². The third kappa shape index (κ3) is 3.51. The van der Waals surface area contributed by atoms with Crippen molar-refractivity contribution in [3.8, 4) is 11.4 Å². The van der Waals surface area contributed by atoms with Crippen LogP contribution in [0.1, 0.15) is 19.4 Å². The Labute approximate surface area is 178 Å². The lowest BCUT2D eigenvalue weighted by molar-refractivity contribution is -0.117. The summed E-state index contributed by atoms with van der Waals surface area (Å²) in [6.07, 6.45) is 0. The van der Waals surface area contributed by atoms with E-state index in [1.165, 1.54) is 43.1 Å². The maximum Gasteiger partial charge on any atom is 0.243 e. The number of benzene rings is 2. The summed E-state index contributed by atoms with van der Waals surface area (Å²) >= 11 is 4.57. The number of halogens is 2. The summed E-state index contributed by atoms with van der Waals surface area (Å²) in [4.78, 5) is 25.5. The molecule has 0 bridgehead atoms. The van der Waals surface area contributed by atoms with Crippen LogP contribution in [-0.2, 0) is 9.59 Å². The molecule has 3 aromatic rings. The molecule has 1 amide bonds. The Morgan fingerprint density at radius 2 is 1.76 bits per heavy atom. The average Bonchev–Trinajstić information content (AvgIpc) is 3.10. The van der Waals surface area contributed by atoms with Crippen LogP contribution in [0.25, 0.3) is 17.1 Å². The molecular formula is C20H14BrFN4O2S. The van der Waals surface area contributed by atoms with Gasteiger partial charge in [0, 0.05) is 22.5 Å². The van der Waals surface area contributed by atoms with Gasteiger partial charge in [-0.25, -0.2) is 9.40 Å². The summed E-state index contributed by atoms with van der Waals surface area (Å²) < 4.78 is 15.9. The Hall–Kier alpha value is -2.78. The van der Waals surface area contributed by atoms with Crippen molar-refractivity contribution in [3.05, 3.63) is 69.3 Å². The van der Waals surface area contributed by atoms with E-state index in [4.69, 9.17) is 0 Å². The molecule has 0 N–H and O–H groups in total. The van der Waals surface area contributed by atoms with Gasteiger partial charge in [-0.1, -0.05) is 28.1 Å². The van der Waals surface area contributed by atoms with Crippen LogP contribution in [0.2, 0.25) is 0 Å². The van der Waals surface area contributed by atoms with Crippen molar-refractivity contribution in [3.63, 3.8) is 0 Å². The van der Waals surface area contributed by atoms with Crippen LogP contribution in [-0.4, -0.2) is 26.6 Å². The maximum absolute atomic E-state index is 13.5. The molecule has 0 radical (unpaired) electrons. The van der Waals surface area contributed by atoms with Crippen LogP contribution in [0.3, 0.4) is 0 Å². The van der Waals surface area contributed by atoms with Gasteiger partial charge in [-0.05, 0) is 55.1 Å². The SMILES string of the molecule is CC(=O)C1=C(c2ccc(F)cc2)N(C(C)=O)n2c(nnc2-c2cccc(Br)c2)S1. The summed E-state index contributed by atoms with van der Waals surface area (Å²) in [5.41, 5.74) is 1.66. The molecule has 0 aliphatic carbocycles. The minimum Gasteiger partial charge on any atom is -0.294 e. The molecule has 1 aliphatic rings. The van der Waals surface area contributed by atoms with Gasteiger partial charge >= 0.3 is 0 Å². The standard InChI is InChI=1S/C20H14BrFN4O2S/c1-11(27)18-17(13-6-8-16(22)9-7-13)25(12(2)28)26-19(23-24-20(26)29-18)14-4-3-5-15(21)10-14/h3-10H,1-2H3. The Morgan fingerprint density at radius 1 is 1.03 bits per heavy atom. The largest absolute Gasteiger partial charge is 0.294 e. The number of nitrogens with zero attached hydrogens (tertiary/aromatic N) is 4. The van der Waals surface area contributed by atoms with Crippen LogP contribution >= 0.6 is 27.7 Å². The summed E-state index contributed by atoms with van der Waals surface area (Å²) in [6.45, 7) is 2.82. The molecule has 9 heteroatoms. The highest BCUT2D eigenvalue weighted by molar-refractivity contribution is 9.10. The highest BCUT2D eigenvalue weighted by Crippen LogP contribution is 2.41. The molecule has 1 aromatic heterocycles. The molecule has 2 heterocycles. The van der Waals surface area contributed by atoms with E-state index >= 15 is 0 Å². The second kappa shape index (κ2) is 7.57. The minimum absolute atomic E-state index is 0.223. The number of Topliss-reactive ketones (excluding diaryl/α,β-unsaturated/α-hetero) is 1. The van der Waals surface area contributed by atoms with E-state index < -0.39 is 5.82 Å². The monoisotopic (exact) mass is 472 g/mol. The predicted octanol–water partition coefficient (Wildman–Crippen LogP) is 4.39. The van der Waals surface area contributed by atoms with Crippen molar-refractivity contribution in [1.29, 1.82) is 0 Å². The predicted molar refractivity (Wildman–Crippen MR) is 112 cm³/mol. The first-order valence-electron chi connectivity index (χ1n) is 8.58. The first-order chi connectivity index (χ1) is 13.9. The Kier molecular flexibility index (Phi) is 5.10. The third-order valence-corrected chi connectivity index (χ3v) is 5.87. The fourth-order valence-corrected chi connectivity index (χ4v) is 4.41. The molecule has 0 saturated heterocycles. The molecule has 0 unspecified atom stereocenters. The fraction of sp³-hybridized carbons (Fsp3) is 0.100. The quantitative estimate of drug-likeness (QED) is 0.565. The van der Waals surface area contributed by atoms with Crippen LogP contribution in [0.5, 0.6) is 0 Å². The van der Waals surface area contributed by atoms with Gasteiger partial charge in [-0.2, -0.15) is 4.68 Å². The minimum atomic E-state index is -0.406. The molecule has 6 nitrogen and oxygen atoms in total. The smallest absolute Gasteiger partial charge is 0.243 e. The van der Waals surface area contributed by atoms with Gasteiger partial charge in [0.15, 0.2) is 11.6 Å². The normalized spacial score (nSPS) is 13.4. The number of amides is 1. The zero-order valence-electron chi connectivity index (χ0n) is 15.4. The zero-order valence-corrected chi connectivity index (χ0v) is 17.8. The zero-order chi connectivity index (χ0) is 20.7. The van der Waals surface area contributed by atoms with Gasteiger partial charge in [0.1, 0.15) is 5.82 Å². The van der Waals surface area contributed by atoms with E-state index in [2.05, 4.69) is 26.1 Å². The number of rotatable bonds is 3. The second-order valence-corrected chi connectivity index (χ2v) is 8.20. The van der Waals surface area contributed by atoms with Crippen molar-refractivity contribution >= 4 is 45.1 Å². The maximum atomic E-state index is 13.5. The molecule has 29 heavy (non-hydrogen) atoms. The van der Waals surface area contributed by atoms with Crippen molar-refractivity contribution in [1.82, 2.24) is 14.9 Å². The number of hydrogen-bond donors (Lipinski definition) is 0. The molecule has 0 saturated carbocycles. The number of aromatic nitrogens is 3. The number of ketones is 1. The number of carbonyl (C=O) groups is 2. The van der Waals surface area contributed by atoms with Crippen LogP contribution in [0.15, 0.2) is 63.1 Å². The second-order valence-electron chi connectivity index (χ2n) is 6.30. The topological polar surface area (TPSA) is 68.1 Å². The molecule has 4 rings (SSSR count). The molecule has 146 valence electrons. The lowest BCUT2D eigenvalue weighted by Crippen LogP contribution is -2.41. The van der Waals surface area contributed by atoms with Crippen LogP contribution < -0.4 is 5.01 Å². The Balaban J connectivity index is 1.97. The molecule has 0 fully saturated rings. The number of thioether (sulfide) groups is 1. The lowest BCUT2D eigenvalue weighted by Gasteiger charge is -2.32. The van der Waals surface area contributed by atoms with Crippen molar-refractivity contribution in [2.45, 2.75) is 19.0 Å². The summed E-state index contributed by atoms with van der Waals surface area (Å²) in [6, 6.07) is 13.1. The third-order valence-electron chi connectivity index (χ3n) is 4.25. The molecule has 0 atom stereocenters. The number of carbonyl (C=O) groups excluding carboxylic acids is 2. The van der Waals surface area contributed by atoms with E-state index in [0.717, 1.165) is 21.8 Å². The van der Waals surface area contributed by atoms with Crippen LogP contribution in [0, 0.1) is 5.82 Å². The Bertz CT molecular complexity index is 1170. The average molecular weight is 473 g/mol. The van der Waals surface area contributed by atoms with Gasteiger partial charge in [-0.15, -0.1) is 10.2 Å². The fourth-order valence-electron chi connectivity index (χ4n) is 3.05. The molecule has 2 aromatic carbocycles. The number of fused-ring (bicyclic) bond motifs is 1. The van der Waals surface area contributed by atoms with Crippen molar-refractivity contribution < 1.29 is 14.0 Å². The number of hydrogen-bond acceptors (Lipinski definition) is 5. The first kappa shape index (κ1) is 19.5. The van der Waals surface area contributed by atoms with Crippen molar-refractivity contribution in [2.75, 3.05) is 5.01 Å². The van der Waals surface area contributed by atoms with Gasteiger partial charge in [0.25, 0.3) is 0 Å². The van der Waals surface area contributed by atoms with Crippen LogP contribution in [0.4, 0.5) is 4.39 Å². The molecule has 1 aliphatic heterocycles. The van der Waals surface area contributed by atoms with E-state index in [1.54, 1.807) is 4.68 Å². The lowest BCUT2D eigenvalue weighted by atomic mass is 10.1. The Morgan fingerprint density at radius 3 is 2.38 bits per heavy atom. The summed E-state index contributed by atoms with van der Waals surface area (Å²) in [7, 11) is 0. The van der Waals surface area contributed by atoms with Gasteiger partial charge < -0.3 is 0 Å². The van der Waals surface area contributed by atoms with E-state index in [1.807, 2.05) is 24.3 Å². The first-order valence-corrected chi connectivity index (χ1v) is 10.2.